The summed E-state index contributed by atoms with van der Waals surface area (Å²) in [4.78, 5) is 28.1. The molecule has 7 heteroatoms. The Labute approximate surface area is 154 Å². The minimum absolute atomic E-state index is 0.140. The van der Waals surface area contributed by atoms with Crippen molar-refractivity contribution in [3.05, 3.63) is 59.1 Å². The quantitative estimate of drug-likeness (QED) is 0.677. The number of nitriles is 1. The monoisotopic (exact) mass is 365 g/mol. The van der Waals surface area contributed by atoms with Crippen LogP contribution in [0, 0.1) is 11.3 Å². The Kier molecular flexibility index (Phi) is 5.56. The maximum atomic E-state index is 11.8. The number of rotatable bonds is 6. The van der Waals surface area contributed by atoms with Crippen LogP contribution in [0.4, 0.5) is 5.00 Å². The zero-order chi connectivity index (χ0) is 18.4. The average molecular weight is 365 g/mol. The number of hydrogen-bond donors (Lipinski definition) is 1. The third kappa shape index (κ3) is 4.43. The predicted octanol–water partition coefficient (Wildman–Crippen LogP) is 3.28. The molecular formula is C19H15N3O3S. The SMILES string of the molecule is N#Cc1ccsc1NC(=O)COC(=O)CCc1ccc2ccccc2n1. The van der Waals surface area contributed by atoms with Gasteiger partial charge in [-0.25, -0.2) is 0 Å². The van der Waals surface area contributed by atoms with Crippen LogP contribution in [0.1, 0.15) is 17.7 Å². The van der Waals surface area contributed by atoms with Crippen molar-refractivity contribution in [3.8, 4) is 6.07 Å². The summed E-state index contributed by atoms with van der Waals surface area (Å²) in [6, 6.07) is 15.2. The Morgan fingerprint density at radius 1 is 1.19 bits per heavy atom. The second-order valence-corrected chi connectivity index (χ2v) is 6.40. The largest absolute Gasteiger partial charge is 0.456 e. The van der Waals surface area contributed by atoms with Crippen molar-refractivity contribution >= 4 is 39.1 Å². The van der Waals surface area contributed by atoms with E-state index in [0.717, 1.165) is 16.6 Å². The van der Waals surface area contributed by atoms with E-state index in [1.54, 1.807) is 11.4 Å². The molecule has 130 valence electrons. The lowest BCUT2D eigenvalue weighted by atomic mass is 10.1. The van der Waals surface area contributed by atoms with Gasteiger partial charge < -0.3 is 10.1 Å². The van der Waals surface area contributed by atoms with Gasteiger partial charge in [-0.05, 0) is 23.6 Å². The number of carbonyl (C=O) groups is 2. The number of nitrogens with one attached hydrogen (secondary N) is 1. The molecule has 0 radical (unpaired) electrons. The fourth-order valence-electron chi connectivity index (χ4n) is 2.35. The number of thiophene rings is 1. The van der Waals surface area contributed by atoms with Gasteiger partial charge in [0.2, 0.25) is 0 Å². The van der Waals surface area contributed by atoms with Gasteiger partial charge in [0.25, 0.3) is 5.91 Å². The summed E-state index contributed by atoms with van der Waals surface area (Å²) >= 11 is 1.24. The highest BCUT2D eigenvalue weighted by molar-refractivity contribution is 7.14. The Hall–Kier alpha value is -3.24. The molecular weight excluding hydrogens is 350 g/mol. The normalized spacial score (nSPS) is 10.3. The van der Waals surface area contributed by atoms with Crippen LogP contribution in [0.25, 0.3) is 10.9 Å². The van der Waals surface area contributed by atoms with Gasteiger partial charge in [0.1, 0.15) is 11.1 Å². The summed E-state index contributed by atoms with van der Waals surface area (Å²) in [7, 11) is 0. The molecule has 6 nitrogen and oxygen atoms in total. The first-order chi connectivity index (χ1) is 12.7. The highest BCUT2D eigenvalue weighted by Gasteiger charge is 2.11. The lowest BCUT2D eigenvalue weighted by Crippen LogP contribution is -2.21. The van der Waals surface area contributed by atoms with E-state index in [4.69, 9.17) is 10.00 Å². The average Bonchev–Trinajstić information content (AvgIpc) is 3.11. The minimum Gasteiger partial charge on any atom is -0.456 e. The van der Waals surface area contributed by atoms with Crippen LogP contribution in [-0.4, -0.2) is 23.5 Å². The molecule has 1 N–H and O–H groups in total. The van der Waals surface area contributed by atoms with Crippen LogP contribution in [0.2, 0.25) is 0 Å². The van der Waals surface area contributed by atoms with E-state index in [0.29, 0.717) is 17.0 Å². The number of para-hydroxylation sites is 1. The first-order valence-corrected chi connectivity index (χ1v) is 8.81. The number of nitrogens with zero attached hydrogens (tertiary/aromatic N) is 2. The molecule has 0 saturated carbocycles. The number of benzene rings is 1. The second-order valence-electron chi connectivity index (χ2n) is 5.48. The summed E-state index contributed by atoms with van der Waals surface area (Å²) in [6.45, 7) is -0.382. The molecule has 0 atom stereocenters. The molecule has 0 saturated heterocycles. The Bertz CT molecular complexity index is 991. The molecule has 1 aromatic carbocycles. The van der Waals surface area contributed by atoms with Gasteiger partial charge in [0.05, 0.1) is 17.5 Å². The third-order valence-electron chi connectivity index (χ3n) is 3.64. The van der Waals surface area contributed by atoms with E-state index in [-0.39, 0.29) is 13.0 Å². The van der Waals surface area contributed by atoms with Crippen molar-refractivity contribution in [3.63, 3.8) is 0 Å². The van der Waals surface area contributed by atoms with Crippen LogP contribution in [0.15, 0.2) is 47.8 Å². The van der Waals surface area contributed by atoms with Gasteiger partial charge in [0, 0.05) is 17.5 Å². The van der Waals surface area contributed by atoms with Gasteiger partial charge in [-0.15, -0.1) is 11.3 Å². The molecule has 0 fully saturated rings. The van der Waals surface area contributed by atoms with Gasteiger partial charge in [0.15, 0.2) is 6.61 Å². The Balaban J connectivity index is 1.46. The highest BCUT2D eigenvalue weighted by Crippen LogP contribution is 2.21. The van der Waals surface area contributed by atoms with Gasteiger partial charge in [-0.1, -0.05) is 24.3 Å². The zero-order valence-electron chi connectivity index (χ0n) is 13.8. The van der Waals surface area contributed by atoms with Crippen molar-refractivity contribution < 1.29 is 14.3 Å². The molecule has 0 aliphatic rings. The second kappa shape index (κ2) is 8.23. The van der Waals surface area contributed by atoms with Gasteiger partial charge >= 0.3 is 5.97 Å². The molecule has 0 unspecified atom stereocenters. The minimum atomic E-state index is -0.471. The van der Waals surface area contributed by atoms with Crippen molar-refractivity contribution in [1.29, 1.82) is 5.26 Å². The fourth-order valence-corrected chi connectivity index (χ4v) is 3.11. The van der Waals surface area contributed by atoms with Gasteiger partial charge in [-0.3, -0.25) is 14.6 Å². The number of ether oxygens (including phenoxy) is 1. The Morgan fingerprint density at radius 3 is 2.88 bits per heavy atom. The maximum absolute atomic E-state index is 11.8. The molecule has 2 aromatic heterocycles. The first kappa shape index (κ1) is 17.6. The zero-order valence-corrected chi connectivity index (χ0v) is 14.6. The number of aromatic nitrogens is 1. The molecule has 0 aliphatic carbocycles. The smallest absolute Gasteiger partial charge is 0.306 e. The number of aryl methyl sites for hydroxylation is 1. The number of fused-ring (bicyclic) bond motifs is 1. The number of hydrogen-bond acceptors (Lipinski definition) is 6. The molecule has 3 rings (SSSR count). The highest BCUT2D eigenvalue weighted by atomic mass is 32.1. The summed E-state index contributed by atoms with van der Waals surface area (Å²) in [5.41, 5.74) is 2.06. The maximum Gasteiger partial charge on any atom is 0.306 e. The summed E-state index contributed by atoms with van der Waals surface area (Å²) in [5, 5.41) is 14.7. The lowest BCUT2D eigenvalue weighted by Gasteiger charge is -2.06. The summed E-state index contributed by atoms with van der Waals surface area (Å²) in [5.74, 6) is -0.942. The number of pyridine rings is 1. The molecule has 2 heterocycles. The predicted molar refractivity (Wildman–Crippen MR) is 98.7 cm³/mol. The van der Waals surface area contributed by atoms with E-state index >= 15 is 0 Å². The standard InChI is InChI=1S/C19H15N3O3S/c20-11-14-9-10-26-19(14)22-17(23)12-25-18(24)8-7-15-6-5-13-3-1-2-4-16(13)21-15/h1-6,9-10H,7-8,12H2,(H,22,23). The van der Waals surface area contributed by atoms with Crippen LogP contribution in [-0.2, 0) is 20.7 Å². The summed E-state index contributed by atoms with van der Waals surface area (Å²) < 4.78 is 4.98. The molecule has 1 amide bonds. The number of anilines is 1. The van der Waals surface area contributed by atoms with Crippen molar-refractivity contribution in [2.75, 3.05) is 11.9 Å². The van der Waals surface area contributed by atoms with Crippen LogP contribution >= 0.6 is 11.3 Å². The number of amides is 1. The fraction of sp³-hybridized carbons (Fsp3) is 0.158. The summed E-state index contributed by atoms with van der Waals surface area (Å²) in [6.07, 6.45) is 0.579. The molecule has 3 aromatic rings. The molecule has 0 bridgehead atoms. The molecule has 0 spiro atoms. The van der Waals surface area contributed by atoms with Crippen LogP contribution in [0.5, 0.6) is 0 Å². The van der Waals surface area contributed by atoms with Crippen molar-refractivity contribution in [1.82, 2.24) is 4.98 Å². The van der Waals surface area contributed by atoms with Crippen LogP contribution in [0.3, 0.4) is 0 Å². The van der Waals surface area contributed by atoms with E-state index < -0.39 is 11.9 Å². The van der Waals surface area contributed by atoms with E-state index in [2.05, 4.69) is 10.3 Å². The van der Waals surface area contributed by atoms with E-state index in [9.17, 15) is 9.59 Å². The molecule has 0 aliphatic heterocycles. The lowest BCUT2D eigenvalue weighted by molar-refractivity contribution is -0.147. The number of esters is 1. The van der Waals surface area contributed by atoms with Crippen molar-refractivity contribution in [2.45, 2.75) is 12.8 Å². The third-order valence-corrected chi connectivity index (χ3v) is 4.47. The van der Waals surface area contributed by atoms with Crippen LogP contribution < -0.4 is 5.32 Å². The number of carbonyl (C=O) groups excluding carboxylic acids is 2. The molecule has 26 heavy (non-hydrogen) atoms. The van der Waals surface area contributed by atoms with E-state index in [1.807, 2.05) is 42.5 Å². The van der Waals surface area contributed by atoms with Gasteiger partial charge in [-0.2, -0.15) is 5.26 Å². The topological polar surface area (TPSA) is 92.1 Å². The van der Waals surface area contributed by atoms with Crippen molar-refractivity contribution in [2.24, 2.45) is 0 Å². The Morgan fingerprint density at radius 2 is 2.04 bits per heavy atom. The first-order valence-electron chi connectivity index (χ1n) is 7.93. The van der Waals surface area contributed by atoms with E-state index in [1.165, 1.54) is 11.3 Å².